The van der Waals surface area contributed by atoms with Gasteiger partial charge in [-0.05, 0) is 25.5 Å². The Bertz CT molecular complexity index is 1070. The van der Waals surface area contributed by atoms with E-state index in [1.54, 1.807) is 46.7 Å². The summed E-state index contributed by atoms with van der Waals surface area (Å²) in [5, 5.41) is 0.0601. The number of likely N-dealkylation sites (tertiary alicyclic amines) is 1. The van der Waals surface area contributed by atoms with Gasteiger partial charge in [0.05, 0.1) is 16.2 Å². The largest absolute Gasteiger partial charge is 0.341 e. The van der Waals surface area contributed by atoms with Crippen molar-refractivity contribution in [3.8, 4) is 0 Å². The first kappa shape index (κ1) is 19.2. The minimum atomic E-state index is -3.46. The fourth-order valence-electron chi connectivity index (χ4n) is 3.75. The molecule has 0 spiro atoms. The fraction of sp³-hybridized carbons (Fsp3) is 0.421. The van der Waals surface area contributed by atoms with Gasteiger partial charge in [0.1, 0.15) is 0 Å². The van der Waals surface area contributed by atoms with E-state index >= 15 is 0 Å². The first-order valence-corrected chi connectivity index (χ1v) is 11.7. The lowest BCUT2D eigenvalue weighted by Gasteiger charge is -2.20. The fourth-order valence-corrected chi connectivity index (χ4v) is 6.66. The Labute approximate surface area is 167 Å². The van der Waals surface area contributed by atoms with Crippen molar-refractivity contribution in [1.29, 1.82) is 0 Å². The lowest BCUT2D eigenvalue weighted by atomic mass is 10.2. The van der Waals surface area contributed by atoms with E-state index in [2.05, 4.69) is 4.98 Å². The maximum Gasteiger partial charge on any atom is 0.254 e. The van der Waals surface area contributed by atoms with Crippen LogP contribution in [0.3, 0.4) is 0 Å². The van der Waals surface area contributed by atoms with Gasteiger partial charge < -0.3 is 4.90 Å². The standard InChI is InChI=1S/C19H21N3O4S2/c1-13-9-18(24)22-14(12-27-19(22)20-13)10-17(23)21-8-7-16(11-21)28(25,26)15-5-3-2-4-6-15/h2-6,9,14,16H,7-8,10-12H2,1H3. The van der Waals surface area contributed by atoms with Crippen molar-refractivity contribution < 1.29 is 13.2 Å². The van der Waals surface area contributed by atoms with Crippen molar-refractivity contribution in [2.75, 3.05) is 18.8 Å². The summed E-state index contributed by atoms with van der Waals surface area (Å²) in [5.74, 6) is 0.508. The molecule has 0 N–H and O–H groups in total. The average molecular weight is 420 g/mol. The minimum absolute atomic E-state index is 0.114. The first-order chi connectivity index (χ1) is 13.4. The molecule has 7 nitrogen and oxygen atoms in total. The maximum atomic E-state index is 12.8. The van der Waals surface area contributed by atoms with E-state index in [0.29, 0.717) is 34.5 Å². The molecule has 0 aliphatic carbocycles. The van der Waals surface area contributed by atoms with Crippen molar-refractivity contribution in [1.82, 2.24) is 14.5 Å². The molecule has 2 aliphatic heterocycles. The number of amides is 1. The van der Waals surface area contributed by atoms with E-state index in [1.165, 1.54) is 17.8 Å². The molecule has 2 atom stereocenters. The highest BCUT2D eigenvalue weighted by Gasteiger charge is 2.37. The van der Waals surface area contributed by atoms with Gasteiger partial charge in [-0.3, -0.25) is 14.2 Å². The van der Waals surface area contributed by atoms with E-state index in [9.17, 15) is 18.0 Å². The second kappa shape index (κ2) is 7.36. The van der Waals surface area contributed by atoms with Gasteiger partial charge in [-0.25, -0.2) is 13.4 Å². The molecule has 0 radical (unpaired) electrons. The number of nitrogens with zero attached hydrogens (tertiary/aromatic N) is 3. The molecule has 4 rings (SSSR count). The van der Waals surface area contributed by atoms with Gasteiger partial charge in [-0.1, -0.05) is 30.0 Å². The van der Waals surface area contributed by atoms with E-state index < -0.39 is 15.1 Å². The Morgan fingerprint density at radius 1 is 1.29 bits per heavy atom. The third-order valence-corrected chi connectivity index (χ3v) is 8.53. The zero-order valence-electron chi connectivity index (χ0n) is 15.4. The van der Waals surface area contributed by atoms with Gasteiger partial charge in [-0.15, -0.1) is 0 Å². The van der Waals surface area contributed by atoms with Gasteiger partial charge in [0.2, 0.25) is 5.91 Å². The summed E-state index contributed by atoms with van der Waals surface area (Å²) in [6.45, 7) is 2.39. The number of sulfone groups is 1. The van der Waals surface area contributed by atoms with Crippen molar-refractivity contribution in [3.63, 3.8) is 0 Å². The Balaban J connectivity index is 1.45. The van der Waals surface area contributed by atoms with Crippen LogP contribution >= 0.6 is 11.8 Å². The lowest BCUT2D eigenvalue weighted by molar-refractivity contribution is -0.130. The number of fused-ring (bicyclic) bond motifs is 1. The van der Waals surface area contributed by atoms with Gasteiger partial charge in [0.25, 0.3) is 5.56 Å². The molecule has 2 unspecified atom stereocenters. The summed E-state index contributed by atoms with van der Waals surface area (Å²) in [6.07, 6.45) is 0.614. The molecule has 0 bridgehead atoms. The van der Waals surface area contributed by atoms with E-state index in [0.717, 1.165) is 0 Å². The summed E-state index contributed by atoms with van der Waals surface area (Å²) < 4.78 is 27.2. The Morgan fingerprint density at radius 2 is 2.04 bits per heavy atom. The number of carbonyl (C=O) groups excluding carboxylic acids is 1. The van der Waals surface area contributed by atoms with Crippen molar-refractivity contribution in [3.05, 3.63) is 52.4 Å². The molecular weight excluding hydrogens is 398 g/mol. The van der Waals surface area contributed by atoms with Crippen molar-refractivity contribution in [2.24, 2.45) is 0 Å². The molecule has 1 aromatic carbocycles. The molecule has 9 heteroatoms. The van der Waals surface area contributed by atoms with Crippen LogP contribution < -0.4 is 5.56 Å². The Morgan fingerprint density at radius 3 is 2.79 bits per heavy atom. The number of benzene rings is 1. The van der Waals surface area contributed by atoms with Crippen LogP contribution in [-0.4, -0.2) is 52.9 Å². The van der Waals surface area contributed by atoms with Crippen LogP contribution in [0.25, 0.3) is 0 Å². The lowest BCUT2D eigenvalue weighted by Crippen LogP contribution is -2.34. The average Bonchev–Trinajstić information content (AvgIpc) is 3.30. The molecule has 0 saturated carbocycles. The molecule has 148 valence electrons. The highest BCUT2D eigenvalue weighted by Crippen LogP contribution is 2.33. The number of hydrogen-bond acceptors (Lipinski definition) is 6. The SMILES string of the molecule is Cc1cc(=O)n2c(n1)SCC2CC(=O)N1CCC(S(=O)(=O)c2ccccc2)C1. The molecule has 1 amide bonds. The molecular formula is C19H21N3O4S2. The van der Waals surface area contributed by atoms with Gasteiger partial charge >= 0.3 is 0 Å². The maximum absolute atomic E-state index is 12.8. The van der Waals surface area contributed by atoms with Crippen LogP contribution in [0.1, 0.15) is 24.6 Å². The monoisotopic (exact) mass is 419 g/mol. The number of aromatic nitrogens is 2. The highest BCUT2D eigenvalue weighted by molar-refractivity contribution is 7.99. The van der Waals surface area contributed by atoms with Crippen molar-refractivity contribution in [2.45, 2.75) is 41.1 Å². The van der Waals surface area contributed by atoms with Gasteiger partial charge in [-0.2, -0.15) is 0 Å². The third-order valence-electron chi connectivity index (χ3n) is 5.24. The zero-order valence-corrected chi connectivity index (χ0v) is 17.1. The number of thioether (sulfide) groups is 1. The zero-order chi connectivity index (χ0) is 19.9. The second-order valence-electron chi connectivity index (χ2n) is 7.17. The number of carbonyl (C=O) groups is 1. The molecule has 2 aliphatic rings. The summed E-state index contributed by atoms with van der Waals surface area (Å²) in [4.78, 5) is 31.4. The van der Waals surface area contributed by atoms with E-state index in [1.807, 2.05) is 0 Å². The Hall–Kier alpha value is -2.13. The van der Waals surface area contributed by atoms with Crippen molar-refractivity contribution >= 4 is 27.5 Å². The molecule has 1 fully saturated rings. The van der Waals surface area contributed by atoms with Crippen LogP contribution in [0, 0.1) is 6.92 Å². The normalized spacial score (nSPS) is 21.7. The first-order valence-electron chi connectivity index (χ1n) is 9.16. The van der Waals surface area contributed by atoms with Crippen LogP contribution in [-0.2, 0) is 14.6 Å². The molecule has 1 saturated heterocycles. The summed E-state index contributed by atoms with van der Waals surface area (Å²) in [7, 11) is -3.46. The molecule has 28 heavy (non-hydrogen) atoms. The topological polar surface area (TPSA) is 89.3 Å². The number of hydrogen-bond donors (Lipinski definition) is 0. The summed E-state index contributed by atoms with van der Waals surface area (Å²) in [6, 6.07) is 9.60. The number of rotatable bonds is 4. The highest BCUT2D eigenvalue weighted by atomic mass is 32.2. The second-order valence-corrected chi connectivity index (χ2v) is 10.4. The quantitative estimate of drug-likeness (QED) is 0.701. The third kappa shape index (κ3) is 3.48. The minimum Gasteiger partial charge on any atom is -0.341 e. The summed E-state index contributed by atoms with van der Waals surface area (Å²) >= 11 is 1.48. The van der Waals surface area contributed by atoms with Gasteiger partial charge in [0.15, 0.2) is 15.0 Å². The van der Waals surface area contributed by atoms with Crippen LogP contribution in [0.2, 0.25) is 0 Å². The predicted molar refractivity (Wildman–Crippen MR) is 106 cm³/mol. The summed E-state index contributed by atoms with van der Waals surface area (Å²) in [5.41, 5.74) is 0.528. The van der Waals surface area contributed by atoms with Crippen LogP contribution in [0.15, 0.2) is 51.2 Å². The molecule has 1 aromatic heterocycles. The smallest absolute Gasteiger partial charge is 0.254 e. The predicted octanol–water partition coefficient (Wildman–Crippen LogP) is 1.66. The molecule has 2 aromatic rings. The molecule has 3 heterocycles. The van der Waals surface area contributed by atoms with Gasteiger partial charge in [0, 0.05) is 37.0 Å². The Kier molecular flexibility index (Phi) is 5.05. The van der Waals surface area contributed by atoms with Crippen LogP contribution in [0.5, 0.6) is 0 Å². The number of aryl methyl sites for hydroxylation is 1. The van der Waals surface area contributed by atoms with E-state index in [-0.39, 0.29) is 30.5 Å². The van der Waals surface area contributed by atoms with Crippen LogP contribution in [0.4, 0.5) is 0 Å². The van der Waals surface area contributed by atoms with E-state index in [4.69, 9.17) is 0 Å².